The van der Waals surface area contributed by atoms with E-state index in [0.29, 0.717) is 17.9 Å². The molecule has 0 spiro atoms. The highest BCUT2D eigenvalue weighted by Gasteiger charge is 2.10. The maximum Gasteiger partial charge on any atom is 0.224 e. The van der Waals surface area contributed by atoms with Gasteiger partial charge in [0.05, 0.1) is 12.3 Å². The second-order valence-electron chi connectivity index (χ2n) is 4.77. The largest absolute Gasteiger partial charge is 0.492 e. The fraction of sp³-hybridized carbons (Fsp3) is 0.562. The summed E-state index contributed by atoms with van der Waals surface area (Å²) >= 11 is 3.65. The molecular formula is C16H24BrNO2. The number of anilines is 1. The Morgan fingerprint density at radius 3 is 2.70 bits per heavy atom. The van der Waals surface area contributed by atoms with Crippen LogP contribution in [-0.2, 0) is 11.2 Å². The number of carbonyl (C=O) groups excluding carboxylic acids is 1. The van der Waals surface area contributed by atoms with E-state index in [1.807, 2.05) is 32.0 Å². The molecule has 3 nitrogen and oxygen atoms in total. The Kier molecular flexibility index (Phi) is 7.67. The summed E-state index contributed by atoms with van der Waals surface area (Å²) in [5, 5.41) is 2.92. The number of nitrogens with one attached hydrogen (secondary N) is 1. The molecule has 1 aromatic rings. The molecule has 1 aromatic carbocycles. The highest BCUT2D eigenvalue weighted by molar-refractivity contribution is 9.09. The van der Waals surface area contributed by atoms with E-state index >= 15 is 0 Å². The zero-order chi connectivity index (χ0) is 15.0. The maximum absolute atomic E-state index is 11.7. The van der Waals surface area contributed by atoms with Crippen LogP contribution >= 0.6 is 15.9 Å². The third-order valence-corrected chi connectivity index (χ3v) is 3.97. The Balaban J connectivity index is 2.86. The van der Waals surface area contributed by atoms with Crippen LogP contribution in [0.15, 0.2) is 18.2 Å². The smallest absolute Gasteiger partial charge is 0.224 e. The molecule has 0 aromatic heterocycles. The number of rotatable bonds is 8. The maximum atomic E-state index is 11.7. The van der Waals surface area contributed by atoms with Gasteiger partial charge in [-0.25, -0.2) is 0 Å². The predicted molar refractivity (Wildman–Crippen MR) is 87.9 cm³/mol. The summed E-state index contributed by atoms with van der Waals surface area (Å²) < 4.78 is 5.64. The van der Waals surface area contributed by atoms with Crippen molar-refractivity contribution in [2.24, 2.45) is 0 Å². The molecular weight excluding hydrogens is 318 g/mol. The minimum Gasteiger partial charge on any atom is -0.492 e. The Labute approximate surface area is 130 Å². The number of ether oxygens (including phenoxy) is 1. The van der Waals surface area contributed by atoms with Gasteiger partial charge in [-0.2, -0.15) is 0 Å². The lowest BCUT2D eigenvalue weighted by molar-refractivity contribution is -0.116. The van der Waals surface area contributed by atoms with Gasteiger partial charge in [0.15, 0.2) is 0 Å². The molecule has 1 rings (SSSR count). The molecule has 4 heteroatoms. The minimum absolute atomic E-state index is 0.0353. The van der Waals surface area contributed by atoms with Crippen molar-refractivity contribution in [3.63, 3.8) is 0 Å². The summed E-state index contributed by atoms with van der Waals surface area (Å²) in [5.74, 6) is 0.790. The second-order valence-corrected chi connectivity index (χ2v) is 6.07. The van der Waals surface area contributed by atoms with Crippen molar-refractivity contribution in [3.05, 3.63) is 23.8 Å². The van der Waals surface area contributed by atoms with Gasteiger partial charge >= 0.3 is 0 Å². The number of alkyl halides is 1. The van der Waals surface area contributed by atoms with Gasteiger partial charge in [0.2, 0.25) is 5.91 Å². The lowest BCUT2D eigenvalue weighted by atomic mass is 10.1. The molecule has 20 heavy (non-hydrogen) atoms. The van der Waals surface area contributed by atoms with E-state index in [4.69, 9.17) is 4.74 Å². The van der Waals surface area contributed by atoms with Crippen LogP contribution < -0.4 is 10.1 Å². The second kappa shape index (κ2) is 9.01. The predicted octanol–water partition coefficient (Wildman–Crippen LogP) is 4.54. The summed E-state index contributed by atoms with van der Waals surface area (Å²) in [6.45, 7) is 6.69. The average Bonchev–Trinajstić information content (AvgIpc) is 2.42. The molecule has 0 aliphatic heterocycles. The lowest BCUT2D eigenvalue weighted by Gasteiger charge is -2.14. The van der Waals surface area contributed by atoms with Gasteiger partial charge in [0, 0.05) is 11.2 Å². The highest BCUT2D eigenvalue weighted by Crippen LogP contribution is 2.27. The van der Waals surface area contributed by atoms with E-state index in [2.05, 4.69) is 28.2 Å². The lowest BCUT2D eigenvalue weighted by Crippen LogP contribution is -2.12. The summed E-state index contributed by atoms with van der Waals surface area (Å²) in [6, 6.07) is 6.01. The molecule has 112 valence electrons. The topological polar surface area (TPSA) is 38.3 Å². The van der Waals surface area contributed by atoms with Gasteiger partial charge in [-0.1, -0.05) is 35.8 Å². The van der Waals surface area contributed by atoms with E-state index in [0.717, 1.165) is 30.7 Å². The first-order valence-electron chi connectivity index (χ1n) is 7.30. The van der Waals surface area contributed by atoms with E-state index in [-0.39, 0.29) is 5.91 Å². The van der Waals surface area contributed by atoms with Crippen molar-refractivity contribution < 1.29 is 9.53 Å². The number of hydrogen-bond donors (Lipinski definition) is 1. The van der Waals surface area contributed by atoms with Crippen LogP contribution in [0.4, 0.5) is 5.69 Å². The van der Waals surface area contributed by atoms with Crippen LogP contribution in [0.25, 0.3) is 0 Å². The van der Waals surface area contributed by atoms with Crippen LogP contribution in [0.1, 0.15) is 45.6 Å². The fourth-order valence-electron chi connectivity index (χ4n) is 1.91. The first-order chi connectivity index (χ1) is 9.60. The Bertz CT molecular complexity index is 434. The molecule has 1 atom stereocenters. The quantitative estimate of drug-likeness (QED) is 0.705. The van der Waals surface area contributed by atoms with Gasteiger partial charge in [-0.15, -0.1) is 0 Å². The third-order valence-electron chi connectivity index (χ3n) is 3.00. The summed E-state index contributed by atoms with van der Waals surface area (Å²) in [6.07, 6.45) is 3.42. The number of benzene rings is 1. The van der Waals surface area contributed by atoms with Crippen LogP contribution in [0.3, 0.4) is 0 Å². The number of amides is 1. The SMILES string of the molecule is CCCC(=O)Nc1ccc(CC(Br)CC)cc1OCC. The Morgan fingerprint density at radius 2 is 2.10 bits per heavy atom. The van der Waals surface area contributed by atoms with Crippen molar-refractivity contribution in [3.8, 4) is 5.75 Å². The average molecular weight is 342 g/mol. The first-order valence-corrected chi connectivity index (χ1v) is 8.21. The van der Waals surface area contributed by atoms with Gasteiger partial charge < -0.3 is 10.1 Å². The summed E-state index contributed by atoms with van der Waals surface area (Å²) in [7, 11) is 0. The van der Waals surface area contributed by atoms with Crippen LogP contribution in [0.5, 0.6) is 5.75 Å². The Morgan fingerprint density at radius 1 is 1.35 bits per heavy atom. The monoisotopic (exact) mass is 341 g/mol. The molecule has 0 fully saturated rings. The molecule has 1 unspecified atom stereocenters. The molecule has 0 saturated carbocycles. The molecule has 1 N–H and O–H groups in total. The molecule has 1 amide bonds. The van der Waals surface area contributed by atoms with E-state index < -0.39 is 0 Å². The molecule has 0 bridgehead atoms. The van der Waals surface area contributed by atoms with E-state index in [1.54, 1.807) is 0 Å². The van der Waals surface area contributed by atoms with Crippen molar-refractivity contribution in [1.29, 1.82) is 0 Å². The van der Waals surface area contributed by atoms with E-state index in [9.17, 15) is 4.79 Å². The highest BCUT2D eigenvalue weighted by atomic mass is 79.9. The zero-order valence-electron chi connectivity index (χ0n) is 12.5. The summed E-state index contributed by atoms with van der Waals surface area (Å²) in [4.78, 5) is 12.2. The van der Waals surface area contributed by atoms with E-state index in [1.165, 1.54) is 5.56 Å². The first kappa shape index (κ1) is 17.0. The number of hydrogen-bond acceptors (Lipinski definition) is 2. The van der Waals surface area contributed by atoms with Crippen LogP contribution in [0, 0.1) is 0 Å². The minimum atomic E-state index is 0.0353. The van der Waals surface area contributed by atoms with Gasteiger partial charge in [-0.3, -0.25) is 4.79 Å². The van der Waals surface area contributed by atoms with Crippen molar-refractivity contribution in [2.75, 3.05) is 11.9 Å². The van der Waals surface area contributed by atoms with Crippen molar-refractivity contribution in [2.45, 2.75) is 51.3 Å². The van der Waals surface area contributed by atoms with Crippen molar-refractivity contribution >= 4 is 27.5 Å². The normalized spacial score (nSPS) is 12.0. The third kappa shape index (κ3) is 5.53. The van der Waals surface area contributed by atoms with Gasteiger partial charge in [0.1, 0.15) is 5.75 Å². The molecule has 0 saturated heterocycles. The Hall–Kier alpha value is -1.03. The fourth-order valence-corrected chi connectivity index (χ4v) is 2.29. The van der Waals surface area contributed by atoms with Crippen LogP contribution in [-0.4, -0.2) is 17.3 Å². The summed E-state index contributed by atoms with van der Waals surface area (Å²) in [5.41, 5.74) is 1.97. The zero-order valence-corrected chi connectivity index (χ0v) is 14.1. The van der Waals surface area contributed by atoms with Gasteiger partial charge in [0.25, 0.3) is 0 Å². The molecule has 0 heterocycles. The van der Waals surface area contributed by atoms with Crippen molar-refractivity contribution in [1.82, 2.24) is 0 Å². The number of halogens is 1. The standard InChI is InChI=1S/C16H24BrNO2/c1-4-7-16(19)18-14-9-8-12(10-13(17)5-2)11-15(14)20-6-3/h8-9,11,13H,4-7,10H2,1-3H3,(H,18,19). The van der Waals surface area contributed by atoms with Gasteiger partial charge in [-0.05, 0) is 43.9 Å². The molecule has 0 radical (unpaired) electrons. The van der Waals surface area contributed by atoms with Crippen LogP contribution in [0.2, 0.25) is 0 Å². The molecule has 0 aliphatic carbocycles. The number of carbonyl (C=O) groups is 1. The molecule has 0 aliphatic rings.